The van der Waals surface area contributed by atoms with Gasteiger partial charge in [-0.25, -0.2) is 4.99 Å². The van der Waals surface area contributed by atoms with Crippen LogP contribution in [0, 0.1) is 0 Å². The van der Waals surface area contributed by atoms with Crippen LogP contribution in [0.15, 0.2) is 47.5 Å². The molecule has 1 atom stereocenters. The third-order valence-corrected chi connectivity index (χ3v) is 6.21. The number of nitrogens with one attached hydrogen (secondary N) is 1. The van der Waals surface area contributed by atoms with Crippen LogP contribution in [-0.4, -0.2) is 40.8 Å². The molecular weight excluding hydrogens is 479 g/mol. The van der Waals surface area contributed by atoms with E-state index in [1.54, 1.807) is 24.3 Å². The maximum absolute atomic E-state index is 13.1. The fourth-order valence-electron chi connectivity index (χ4n) is 2.89. The van der Waals surface area contributed by atoms with E-state index in [0.29, 0.717) is 18.0 Å². The van der Waals surface area contributed by atoms with E-state index in [-0.39, 0.29) is 23.2 Å². The van der Waals surface area contributed by atoms with Crippen LogP contribution in [0.2, 0.25) is 5.02 Å². The normalized spacial score (nSPS) is 17.9. The Balaban J connectivity index is 1.76. The molecule has 0 saturated carbocycles. The average molecular weight is 500 g/mol. The lowest BCUT2D eigenvalue weighted by molar-refractivity contribution is -0.137. The van der Waals surface area contributed by atoms with Gasteiger partial charge in [-0.15, -0.1) is 0 Å². The standard InChI is InChI=1S/C22H21ClF3N3O3S/c1-3-10-32-15-7-4-13(5-8-15)27-20(31)18-12-19(30)29(2)21(33-18)28-14-6-9-17(23)16(11-14)22(24,25)26/h4-9,11,18H,3,10,12H2,1-2H3,(H,27,31). The van der Waals surface area contributed by atoms with E-state index < -0.39 is 27.9 Å². The smallest absolute Gasteiger partial charge is 0.417 e. The summed E-state index contributed by atoms with van der Waals surface area (Å²) in [6, 6.07) is 10.0. The lowest BCUT2D eigenvalue weighted by Crippen LogP contribution is -2.43. The van der Waals surface area contributed by atoms with Gasteiger partial charge >= 0.3 is 6.18 Å². The molecule has 3 rings (SSSR count). The van der Waals surface area contributed by atoms with Crippen molar-refractivity contribution in [1.29, 1.82) is 0 Å². The van der Waals surface area contributed by atoms with E-state index in [9.17, 15) is 22.8 Å². The van der Waals surface area contributed by atoms with Crippen molar-refractivity contribution < 1.29 is 27.5 Å². The number of nitrogens with zero attached hydrogens (tertiary/aromatic N) is 2. The van der Waals surface area contributed by atoms with Gasteiger partial charge in [-0.3, -0.25) is 14.5 Å². The number of carbonyl (C=O) groups is 2. The zero-order valence-corrected chi connectivity index (χ0v) is 19.4. The first-order valence-electron chi connectivity index (χ1n) is 10.0. The maximum atomic E-state index is 13.1. The van der Waals surface area contributed by atoms with Gasteiger partial charge in [-0.2, -0.15) is 13.2 Å². The van der Waals surface area contributed by atoms with E-state index >= 15 is 0 Å². The first kappa shape index (κ1) is 24.9. The van der Waals surface area contributed by atoms with Gasteiger partial charge in [0.15, 0.2) is 5.17 Å². The SMILES string of the molecule is CCCOc1ccc(NC(=O)C2CC(=O)N(C)C(=Nc3ccc(Cl)c(C(F)(F)F)c3)S2)cc1. The highest BCUT2D eigenvalue weighted by molar-refractivity contribution is 8.15. The first-order valence-corrected chi connectivity index (χ1v) is 11.3. The quantitative estimate of drug-likeness (QED) is 0.550. The number of alkyl halides is 3. The lowest BCUT2D eigenvalue weighted by Gasteiger charge is -2.28. The Bertz CT molecular complexity index is 1060. The monoisotopic (exact) mass is 499 g/mol. The van der Waals surface area contributed by atoms with Crippen molar-refractivity contribution in [3.8, 4) is 5.75 Å². The summed E-state index contributed by atoms with van der Waals surface area (Å²) in [6.45, 7) is 2.58. The fraction of sp³-hybridized carbons (Fsp3) is 0.318. The molecule has 0 aliphatic carbocycles. The third kappa shape index (κ3) is 6.42. The number of ether oxygens (including phenoxy) is 1. The van der Waals surface area contributed by atoms with Gasteiger partial charge in [-0.05, 0) is 48.9 Å². The van der Waals surface area contributed by atoms with Gasteiger partial charge in [0.1, 0.15) is 11.0 Å². The Hall–Kier alpha value is -2.72. The van der Waals surface area contributed by atoms with Crippen molar-refractivity contribution in [2.24, 2.45) is 4.99 Å². The molecule has 176 valence electrons. The lowest BCUT2D eigenvalue weighted by atomic mass is 10.2. The number of rotatable bonds is 6. The summed E-state index contributed by atoms with van der Waals surface area (Å²) in [5.41, 5.74) is -0.527. The Morgan fingerprint density at radius 1 is 1.27 bits per heavy atom. The predicted octanol–water partition coefficient (Wildman–Crippen LogP) is 5.74. The highest BCUT2D eigenvalue weighted by Crippen LogP contribution is 2.37. The second kappa shape index (κ2) is 10.5. The fourth-order valence-corrected chi connectivity index (χ4v) is 4.17. The van der Waals surface area contributed by atoms with E-state index in [1.165, 1.54) is 18.0 Å². The van der Waals surface area contributed by atoms with Crippen LogP contribution in [0.1, 0.15) is 25.3 Å². The predicted molar refractivity (Wildman–Crippen MR) is 123 cm³/mol. The van der Waals surface area contributed by atoms with Crippen molar-refractivity contribution in [2.75, 3.05) is 19.0 Å². The number of carbonyl (C=O) groups excluding carboxylic acids is 2. The first-order chi connectivity index (χ1) is 15.6. The summed E-state index contributed by atoms with van der Waals surface area (Å²) in [4.78, 5) is 30.6. The van der Waals surface area contributed by atoms with Crippen LogP contribution in [0.25, 0.3) is 0 Å². The number of anilines is 1. The molecule has 1 unspecified atom stereocenters. The highest BCUT2D eigenvalue weighted by Gasteiger charge is 2.35. The van der Waals surface area contributed by atoms with Crippen molar-refractivity contribution in [2.45, 2.75) is 31.2 Å². The third-order valence-electron chi connectivity index (χ3n) is 4.64. The Morgan fingerprint density at radius 2 is 1.97 bits per heavy atom. The van der Waals surface area contributed by atoms with Crippen molar-refractivity contribution in [3.05, 3.63) is 53.1 Å². The molecule has 0 bridgehead atoms. The number of hydrogen-bond donors (Lipinski definition) is 1. The number of aliphatic imine (C=N–C) groups is 1. The largest absolute Gasteiger partial charge is 0.494 e. The highest BCUT2D eigenvalue weighted by atomic mass is 35.5. The van der Waals surface area contributed by atoms with Gasteiger partial charge in [-0.1, -0.05) is 30.3 Å². The van der Waals surface area contributed by atoms with Crippen LogP contribution in [0.4, 0.5) is 24.5 Å². The maximum Gasteiger partial charge on any atom is 0.417 e. The molecule has 1 N–H and O–H groups in total. The Labute approximate surface area is 198 Å². The summed E-state index contributed by atoms with van der Waals surface area (Å²) in [5, 5.41) is 1.62. The van der Waals surface area contributed by atoms with E-state index in [0.717, 1.165) is 30.3 Å². The minimum absolute atomic E-state index is 0.0300. The van der Waals surface area contributed by atoms with Gasteiger partial charge in [0.05, 0.1) is 22.9 Å². The molecule has 2 amide bonds. The molecule has 2 aromatic carbocycles. The molecule has 0 spiro atoms. The van der Waals surface area contributed by atoms with E-state index in [4.69, 9.17) is 16.3 Å². The molecule has 1 aliphatic rings. The topological polar surface area (TPSA) is 71.0 Å². The van der Waals surface area contributed by atoms with Crippen LogP contribution in [0.5, 0.6) is 5.75 Å². The summed E-state index contributed by atoms with van der Waals surface area (Å²) in [6.07, 6.45) is -3.84. The molecule has 0 radical (unpaired) electrons. The zero-order chi connectivity index (χ0) is 24.2. The van der Waals surface area contributed by atoms with E-state index in [1.807, 2.05) is 6.92 Å². The molecular formula is C22H21ClF3N3O3S. The molecule has 1 fully saturated rings. The molecule has 1 heterocycles. The molecule has 6 nitrogen and oxygen atoms in total. The Kier molecular flexibility index (Phi) is 7.91. The number of benzene rings is 2. The molecule has 1 saturated heterocycles. The van der Waals surface area contributed by atoms with Gasteiger partial charge in [0.2, 0.25) is 11.8 Å². The van der Waals surface area contributed by atoms with Gasteiger partial charge in [0.25, 0.3) is 0 Å². The number of amidine groups is 1. The Morgan fingerprint density at radius 3 is 2.61 bits per heavy atom. The van der Waals surface area contributed by atoms with Crippen LogP contribution in [0.3, 0.4) is 0 Å². The zero-order valence-electron chi connectivity index (χ0n) is 17.8. The van der Waals surface area contributed by atoms with E-state index in [2.05, 4.69) is 10.3 Å². The van der Waals surface area contributed by atoms with Gasteiger partial charge < -0.3 is 10.1 Å². The minimum atomic E-state index is -4.64. The summed E-state index contributed by atoms with van der Waals surface area (Å²) in [5.74, 6) is -0.112. The molecule has 0 aromatic heterocycles. The van der Waals surface area contributed by atoms with Crippen molar-refractivity contribution in [3.63, 3.8) is 0 Å². The molecule has 33 heavy (non-hydrogen) atoms. The van der Waals surface area contributed by atoms with Crippen LogP contribution < -0.4 is 10.1 Å². The molecule has 2 aromatic rings. The van der Waals surface area contributed by atoms with Gasteiger partial charge in [0, 0.05) is 19.2 Å². The van der Waals surface area contributed by atoms with Crippen LogP contribution in [-0.2, 0) is 15.8 Å². The summed E-state index contributed by atoms with van der Waals surface area (Å²) < 4.78 is 44.9. The second-order valence-corrected chi connectivity index (χ2v) is 8.76. The van der Waals surface area contributed by atoms with Crippen molar-refractivity contribution in [1.82, 2.24) is 4.90 Å². The van der Waals surface area contributed by atoms with Crippen molar-refractivity contribution >= 4 is 51.7 Å². The number of amides is 2. The van der Waals surface area contributed by atoms with Crippen LogP contribution >= 0.6 is 23.4 Å². The minimum Gasteiger partial charge on any atom is -0.494 e. The number of halogens is 4. The number of hydrogen-bond acceptors (Lipinski definition) is 5. The number of thioether (sulfide) groups is 1. The average Bonchev–Trinajstić information content (AvgIpc) is 2.76. The molecule has 11 heteroatoms. The molecule has 1 aliphatic heterocycles. The summed E-state index contributed by atoms with van der Waals surface area (Å²) in [7, 11) is 1.46. The summed E-state index contributed by atoms with van der Waals surface area (Å²) >= 11 is 6.65. The second-order valence-electron chi connectivity index (χ2n) is 7.18.